The van der Waals surface area contributed by atoms with Crippen molar-refractivity contribution in [1.29, 1.82) is 0 Å². The monoisotopic (exact) mass is 485 g/mol. The van der Waals surface area contributed by atoms with Gasteiger partial charge in [-0.1, -0.05) is 12.2 Å². The van der Waals surface area contributed by atoms with Gasteiger partial charge in [0.1, 0.15) is 11.2 Å². The topological polar surface area (TPSA) is 89.3 Å². The van der Waals surface area contributed by atoms with Crippen LogP contribution in [0.15, 0.2) is 29.2 Å². The van der Waals surface area contributed by atoms with Gasteiger partial charge in [-0.2, -0.15) is 0 Å². The van der Waals surface area contributed by atoms with E-state index in [1.807, 2.05) is 17.1 Å². The lowest BCUT2D eigenvalue weighted by atomic mass is 10.0. The van der Waals surface area contributed by atoms with Crippen LogP contribution >= 0.6 is 0 Å². The fourth-order valence-corrected chi connectivity index (χ4v) is 4.55. The Balaban J connectivity index is 1.73. The molecule has 188 valence electrons. The van der Waals surface area contributed by atoms with E-state index in [0.717, 1.165) is 24.6 Å². The van der Waals surface area contributed by atoms with Crippen LogP contribution in [-0.2, 0) is 9.47 Å². The van der Waals surface area contributed by atoms with E-state index in [1.54, 1.807) is 40.7 Å². The van der Waals surface area contributed by atoms with Gasteiger partial charge >= 0.3 is 12.1 Å². The van der Waals surface area contributed by atoms with Gasteiger partial charge < -0.3 is 19.7 Å². The number of hydrogen-bond acceptors (Lipinski definition) is 6. The standard InChI is InChI=1S/C26H32FN3O5/c1-6-34-24(32)19-12-18(16-9-10-16)21-15(2)22(20(27)14-30(21)23(19)31)29-11-7-8-17(13-29)28-25(33)35-26(3,4)5/h7-8,12,14,16-17H,6,9-11,13H2,1-5H3,(H,28,33). The van der Waals surface area contributed by atoms with Gasteiger partial charge in [0.15, 0.2) is 5.82 Å². The van der Waals surface area contributed by atoms with Gasteiger partial charge in [0.25, 0.3) is 5.56 Å². The predicted octanol–water partition coefficient (Wildman–Crippen LogP) is 4.07. The lowest BCUT2D eigenvalue weighted by molar-refractivity contribution is 0.0508. The number of pyridine rings is 2. The number of carbonyl (C=O) groups excluding carboxylic acids is 2. The Bertz CT molecular complexity index is 1260. The maximum atomic E-state index is 15.5. The number of nitrogens with one attached hydrogen (secondary N) is 1. The summed E-state index contributed by atoms with van der Waals surface area (Å²) in [6, 6.07) is 1.25. The number of aryl methyl sites for hydroxylation is 1. The fourth-order valence-electron chi connectivity index (χ4n) is 4.55. The van der Waals surface area contributed by atoms with Crippen molar-refractivity contribution in [3.8, 4) is 0 Å². The van der Waals surface area contributed by atoms with Crippen LogP contribution in [0.5, 0.6) is 0 Å². The SMILES string of the molecule is CCOC(=O)c1cc(C2CC2)c2c(C)c(N3CC=CC(NC(=O)OC(C)(C)C)C3)c(F)cn2c1=O. The minimum Gasteiger partial charge on any atom is -0.462 e. The lowest BCUT2D eigenvalue weighted by Gasteiger charge is -2.33. The second-order valence-corrected chi connectivity index (χ2v) is 10.1. The van der Waals surface area contributed by atoms with E-state index < -0.39 is 29.0 Å². The van der Waals surface area contributed by atoms with Crippen molar-refractivity contribution in [3.63, 3.8) is 0 Å². The summed E-state index contributed by atoms with van der Waals surface area (Å²) in [6.45, 7) is 9.76. The zero-order valence-corrected chi connectivity index (χ0v) is 20.8. The first-order valence-electron chi connectivity index (χ1n) is 12.0. The summed E-state index contributed by atoms with van der Waals surface area (Å²) in [5.41, 5.74) is 1.15. The summed E-state index contributed by atoms with van der Waals surface area (Å²) in [7, 11) is 0. The zero-order valence-electron chi connectivity index (χ0n) is 20.8. The van der Waals surface area contributed by atoms with Crippen molar-refractivity contribution in [1.82, 2.24) is 9.72 Å². The molecule has 1 unspecified atom stereocenters. The minimum atomic E-state index is -0.701. The zero-order chi connectivity index (χ0) is 25.5. The number of hydrogen-bond donors (Lipinski definition) is 1. The molecule has 8 nitrogen and oxygen atoms in total. The quantitative estimate of drug-likeness (QED) is 0.507. The van der Waals surface area contributed by atoms with Crippen LogP contribution in [0.25, 0.3) is 5.52 Å². The number of nitrogens with zero attached hydrogens (tertiary/aromatic N) is 2. The number of fused-ring (bicyclic) bond motifs is 1. The highest BCUT2D eigenvalue weighted by Gasteiger charge is 2.32. The highest BCUT2D eigenvalue weighted by atomic mass is 19.1. The second-order valence-electron chi connectivity index (χ2n) is 10.1. The Labute approximate surface area is 203 Å². The molecule has 1 atom stereocenters. The fraction of sp³-hybridized carbons (Fsp3) is 0.500. The van der Waals surface area contributed by atoms with Gasteiger partial charge in [0, 0.05) is 13.1 Å². The number of esters is 1. The van der Waals surface area contributed by atoms with Crippen LogP contribution in [0.1, 0.15) is 67.9 Å². The maximum absolute atomic E-state index is 15.5. The van der Waals surface area contributed by atoms with E-state index >= 15 is 4.39 Å². The maximum Gasteiger partial charge on any atom is 0.408 e. The first-order chi connectivity index (χ1) is 16.5. The summed E-state index contributed by atoms with van der Waals surface area (Å²) >= 11 is 0. The number of amides is 1. The number of anilines is 1. The molecule has 2 aromatic rings. The number of rotatable bonds is 5. The molecule has 1 saturated carbocycles. The third-order valence-corrected chi connectivity index (χ3v) is 6.08. The molecule has 1 amide bonds. The Hall–Kier alpha value is -3.36. The first-order valence-corrected chi connectivity index (χ1v) is 12.0. The van der Waals surface area contributed by atoms with Gasteiger partial charge in [0.05, 0.1) is 30.0 Å². The molecular formula is C26H32FN3O5. The molecule has 1 aliphatic carbocycles. The molecule has 3 heterocycles. The molecule has 1 aliphatic heterocycles. The molecule has 9 heteroatoms. The summed E-state index contributed by atoms with van der Waals surface area (Å²) in [5, 5.41) is 2.81. The summed E-state index contributed by atoms with van der Waals surface area (Å²) in [4.78, 5) is 39.6. The lowest BCUT2D eigenvalue weighted by Crippen LogP contribution is -2.47. The molecular weight excluding hydrogens is 453 g/mol. The van der Waals surface area contributed by atoms with Crippen LogP contribution in [-0.4, -0.2) is 47.8 Å². The molecule has 0 spiro atoms. The van der Waals surface area contributed by atoms with Crippen molar-refractivity contribution in [2.24, 2.45) is 0 Å². The van der Waals surface area contributed by atoms with Crippen molar-refractivity contribution < 1.29 is 23.5 Å². The molecule has 0 bridgehead atoms. The number of aromatic nitrogens is 1. The van der Waals surface area contributed by atoms with E-state index in [1.165, 1.54) is 4.40 Å². The summed E-state index contributed by atoms with van der Waals surface area (Å²) < 4.78 is 27.2. The van der Waals surface area contributed by atoms with Gasteiger partial charge in [0.2, 0.25) is 0 Å². The number of alkyl carbamates (subject to hydrolysis) is 1. The molecule has 0 radical (unpaired) electrons. The van der Waals surface area contributed by atoms with Crippen molar-refractivity contribution in [2.45, 2.75) is 65.0 Å². The molecule has 2 aliphatic rings. The van der Waals surface area contributed by atoms with Crippen LogP contribution < -0.4 is 15.8 Å². The molecule has 1 N–H and O–H groups in total. The third-order valence-electron chi connectivity index (χ3n) is 6.08. The predicted molar refractivity (Wildman–Crippen MR) is 131 cm³/mol. The van der Waals surface area contributed by atoms with E-state index in [2.05, 4.69) is 5.32 Å². The van der Waals surface area contributed by atoms with Gasteiger partial charge in [-0.25, -0.2) is 14.0 Å². The third kappa shape index (κ3) is 5.18. The minimum absolute atomic E-state index is 0.0830. The van der Waals surface area contributed by atoms with E-state index in [0.29, 0.717) is 29.9 Å². The number of ether oxygens (including phenoxy) is 2. The number of carbonyl (C=O) groups is 2. The molecule has 1 fully saturated rings. The van der Waals surface area contributed by atoms with E-state index in [9.17, 15) is 14.4 Å². The highest BCUT2D eigenvalue weighted by Crippen LogP contribution is 2.44. The Morgan fingerprint density at radius 1 is 1.26 bits per heavy atom. The molecule has 2 aromatic heterocycles. The van der Waals surface area contributed by atoms with Crippen LogP contribution in [0, 0.1) is 12.7 Å². The van der Waals surface area contributed by atoms with Gasteiger partial charge in [-0.05, 0) is 70.6 Å². The molecule has 4 rings (SSSR count). The molecule has 0 saturated heterocycles. The van der Waals surface area contributed by atoms with Crippen molar-refractivity contribution in [2.75, 3.05) is 24.6 Å². The van der Waals surface area contributed by atoms with E-state index in [4.69, 9.17) is 9.47 Å². The largest absolute Gasteiger partial charge is 0.462 e. The average Bonchev–Trinajstić information content (AvgIpc) is 3.59. The first kappa shape index (κ1) is 24.8. The Kier molecular flexibility index (Phi) is 6.62. The van der Waals surface area contributed by atoms with Crippen LogP contribution in [0.4, 0.5) is 14.9 Å². The smallest absolute Gasteiger partial charge is 0.408 e. The molecule has 35 heavy (non-hydrogen) atoms. The average molecular weight is 486 g/mol. The second kappa shape index (κ2) is 9.36. The summed E-state index contributed by atoms with van der Waals surface area (Å²) in [6.07, 6.45) is 6.22. The van der Waals surface area contributed by atoms with E-state index in [-0.39, 0.29) is 24.1 Å². The normalized spacial score (nSPS) is 18.0. The number of halogens is 1. The van der Waals surface area contributed by atoms with Gasteiger partial charge in [-0.3, -0.25) is 9.20 Å². The molecule has 0 aromatic carbocycles. The van der Waals surface area contributed by atoms with Gasteiger partial charge in [-0.15, -0.1) is 0 Å². The Morgan fingerprint density at radius 3 is 2.60 bits per heavy atom. The van der Waals surface area contributed by atoms with Crippen LogP contribution in [0.2, 0.25) is 0 Å². The Morgan fingerprint density at radius 2 is 1.97 bits per heavy atom. The van der Waals surface area contributed by atoms with Crippen molar-refractivity contribution in [3.05, 3.63) is 57.3 Å². The highest BCUT2D eigenvalue weighted by molar-refractivity contribution is 5.90. The van der Waals surface area contributed by atoms with Crippen molar-refractivity contribution >= 4 is 23.3 Å². The van der Waals surface area contributed by atoms with Crippen LogP contribution in [0.3, 0.4) is 0 Å². The summed E-state index contributed by atoms with van der Waals surface area (Å²) in [5.74, 6) is -1.07.